The summed E-state index contributed by atoms with van der Waals surface area (Å²) < 4.78 is 51.0. The molecule has 3 aliphatic rings. The number of nitrogens with two attached hydrogens (primary N) is 2. The third-order valence-electron chi connectivity index (χ3n) is 8.42. The number of nitrogens with zero attached hydrogens (tertiary/aromatic N) is 6. The standard InChI is InChI=1S/C22H28N10O11P2/c23-21-27-17-13(19(34)29-21)25-6-31(17)10-1-8-4-40-45(38,39)43-16-9(5-41-44(36,37)42-12(8)3-10)2-11(15(16)33)32-7-26-14-18(32)28-22(24)30-20(14)35/h6-12,15-16,33H,1-5H2,(H,36,37)(H,38,39)(H3,23,27,29,34)(H3,24,28,30,35)/t8-,9-,10-,11-,12?,15?,16?/m1/s1. The van der Waals surface area contributed by atoms with E-state index in [2.05, 4.69) is 29.9 Å². The molecular formula is C22H28N10O11P2. The van der Waals surface area contributed by atoms with Gasteiger partial charge in [0.05, 0.1) is 38.0 Å². The summed E-state index contributed by atoms with van der Waals surface area (Å²) in [7, 11) is -9.58. The second-order valence-corrected chi connectivity index (χ2v) is 14.0. The van der Waals surface area contributed by atoms with Crippen molar-refractivity contribution in [1.29, 1.82) is 0 Å². The van der Waals surface area contributed by atoms with Crippen LogP contribution < -0.4 is 22.6 Å². The smallest absolute Gasteiger partial charge is 0.388 e. The molecule has 3 fully saturated rings. The molecule has 242 valence electrons. The normalized spacial score (nSPS) is 36.0. The largest absolute Gasteiger partial charge is 0.472 e. The molecule has 2 saturated carbocycles. The summed E-state index contributed by atoms with van der Waals surface area (Å²) in [6.45, 7) is -0.958. The van der Waals surface area contributed by atoms with Gasteiger partial charge in [0, 0.05) is 17.9 Å². The lowest BCUT2D eigenvalue weighted by molar-refractivity contribution is -0.0227. The molecule has 2 aliphatic carbocycles. The number of aromatic nitrogens is 8. The van der Waals surface area contributed by atoms with Gasteiger partial charge in [-0.15, -0.1) is 0 Å². The number of nitrogens with one attached hydrogen (secondary N) is 2. The number of hydrogen-bond acceptors (Lipinski definition) is 15. The lowest BCUT2D eigenvalue weighted by Crippen LogP contribution is -2.34. The van der Waals surface area contributed by atoms with E-state index in [9.17, 15) is 33.6 Å². The molecular weight excluding hydrogens is 642 g/mol. The molecule has 7 rings (SSSR count). The maximum atomic E-state index is 13.2. The van der Waals surface area contributed by atoms with Crippen LogP contribution in [-0.4, -0.2) is 85.5 Å². The Morgan fingerprint density at radius 3 is 2.02 bits per heavy atom. The van der Waals surface area contributed by atoms with Gasteiger partial charge in [-0.3, -0.25) is 37.7 Å². The summed E-state index contributed by atoms with van der Waals surface area (Å²) in [6, 6.07) is -1.39. The molecule has 23 heteroatoms. The first-order valence-corrected chi connectivity index (χ1v) is 16.7. The number of H-pyrrole nitrogens is 2. The van der Waals surface area contributed by atoms with E-state index in [0.717, 1.165) is 0 Å². The number of hydrogen-bond donors (Lipinski definition) is 7. The predicted molar refractivity (Wildman–Crippen MR) is 151 cm³/mol. The Labute approximate surface area is 250 Å². The Kier molecular flexibility index (Phi) is 7.23. The Hall–Kier alpha value is -3.52. The average molecular weight is 670 g/mol. The molecule has 1 aliphatic heterocycles. The Balaban J connectivity index is 1.16. The van der Waals surface area contributed by atoms with Crippen molar-refractivity contribution in [1.82, 2.24) is 39.0 Å². The highest BCUT2D eigenvalue weighted by molar-refractivity contribution is 7.47. The second kappa shape index (κ2) is 10.8. The molecule has 9 atom stereocenters. The van der Waals surface area contributed by atoms with Crippen LogP contribution in [0.4, 0.5) is 11.9 Å². The average Bonchev–Trinajstić information content (AvgIpc) is 3.71. The zero-order chi connectivity index (χ0) is 31.8. The summed E-state index contributed by atoms with van der Waals surface area (Å²) in [6.07, 6.45) is -0.979. The van der Waals surface area contributed by atoms with Crippen molar-refractivity contribution in [3.8, 4) is 0 Å². The van der Waals surface area contributed by atoms with Crippen LogP contribution in [0.25, 0.3) is 22.3 Å². The summed E-state index contributed by atoms with van der Waals surface area (Å²) >= 11 is 0. The number of aliphatic hydroxyl groups excluding tert-OH is 1. The molecule has 4 aromatic rings. The van der Waals surface area contributed by atoms with Crippen LogP contribution in [0.2, 0.25) is 0 Å². The zero-order valence-electron chi connectivity index (χ0n) is 23.1. The minimum atomic E-state index is -4.84. The molecule has 1 saturated heterocycles. The molecule has 5 heterocycles. The molecule has 0 aromatic carbocycles. The van der Waals surface area contributed by atoms with E-state index in [1.165, 1.54) is 17.2 Å². The van der Waals surface area contributed by atoms with Crippen LogP contribution in [0.5, 0.6) is 0 Å². The van der Waals surface area contributed by atoms with Gasteiger partial charge < -0.3 is 35.5 Å². The lowest BCUT2D eigenvalue weighted by atomic mass is 10.1. The maximum Gasteiger partial charge on any atom is 0.472 e. The number of aliphatic hydroxyl groups is 1. The van der Waals surface area contributed by atoms with Crippen molar-refractivity contribution in [2.45, 2.75) is 49.7 Å². The number of anilines is 2. The van der Waals surface area contributed by atoms with Crippen LogP contribution in [0.15, 0.2) is 22.2 Å². The maximum absolute atomic E-state index is 13.2. The highest BCUT2D eigenvalue weighted by atomic mass is 31.2. The van der Waals surface area contributed by atoms with Crippen LogP contribution in [-0.2, 0) is 27.2 Å². The minimum Gasteiger partial charge on any atom is -0.388 e. The fraction of sp³-hybridized carbons (Fsp3) is 0.545. The van der Waals surface area contributed by atoms with Gasteiger partial charge in [0.1, 0.15) is 12.2 Å². The van der Waals surface area contributed by atoms with Crippen LogP contribution in [0.3, 0.4) is 0 Å². The van der Waals surface area contributed by atoms with Crippen molar-refractivity contribution >= 4 is 49.9 Å². The van der Waals surface area contributed by atoms with Gasteiger partial charge in [0.25, 0.3) is 11.1 Å². The SMILES string of the molecule is Nc1nc2c(ncn2[C@H]2CC3OP(=O)(O)OC[C@H]4C[C@@H](n5cnc6c(=O)[nH]c(N)nc65)C(O)C4OP(=O)(O)OC[C@H]3C2)c(=O)[nH]1. The summed E-state index contributed by atoms with van der Waals surface area (Å²) in [5, 5.41) is 11.3. The second-order valence-electron chi connectivity index (χ2n) is 11.2. The highest BCUT2D eigenvalue weighted by Crippen LogP contribution is 2.56. The van der Waals surface area contributed by atoms with Gasteiger partial charge in [-0.2, -0.15) is 9.97 Å². The number of aromatic amines is 2. The van der Waals surface area contributed by atoms with Crippen LogP contribution in [0, 0.1) is 11.8 Å². The molecule has 9 N–H and O–H groups in total. The van der Waals surface area contributed by atoms with Gasteiger partial charge in [-0.05, 0) is 19.3 Å². The Morgan fingerprint density at radius 2 is 1.38 bits per heavy atom. The summed E-state index contributed by atoms with van der Waals surface area (Å²) in [5.74, 6) is -1.96. The first-order valence-electron chi connectivity index (χ1n) is 13.7. The third-order valence-corrected chi connectivity index (χ3v) is 10.4. The number of nitrogen functional groups attached to an aromatic ring is 2. The van der Waals surface area contributed by atoms with Gasteiger partial charge >= 0.3 is 15.6 Å². The van der Waals surface area contributed by atoms with E-state index >= 15 is 0 Å². The van der Waals surface area contributed by atoms with E-state index in [4.69, 9.17) is 29.6 Å². The van der Waals surface area contributed by atoms with Gasteiger partial charge in [-0.25, -0.2) is 19.1 Å². The summed E-state index contributed by atoms with van der Waals surface area (Å²) in [4.78, 5) is 67.0. The highest BCUT2D eigenvalue weighted by Gasteiger charge is 2.50. The Bertz CT molecular complexity index is 2010. The number of phosphoric ester groups is 2. The summed E-state index contributed by atoms with van der Waals surface area (Å²) in [5.41, 5.74) is 10.5. The van der Waals surface area contributed by atoms with Crippen molar-refractivity contribution in [2.24, 2.45) is 11.8 Å². The van der Waals surface area contributed by atoms with E-state index in [-0.39, 0.29) is 53.5 Å². The van der Waals surface area contributed by atoms with Gasteiger partial charge in [-0.1, -0.05) is 0 Å². The molecule has 0 spiro atoms. The third kappa shape index (κ3) is 5.49. The first-order chi connectivity index (χ1) is 21.3. The molecule has 5 unspecified atom stereocenters. The predicted octanol–water partition coefficient (Wildman–Crippen LogP) is -0.692. The van der Waals surface area contributed by atoms with Crippen LogP contribution >= 0.6 is 15.6 Å². The first kappa shape index (κ1) is 30.2. The number of rotatable bonds is 2. The quantitative estimate of drug-likeness (QED) is 0.130. The van der Waals surface area contributed by atoms with Crippen molar-refractivity contribution < 1.29 is 42.1 Å². The van der Waals surface area contributed by atoms with Crippen molar-refractivity contribution in [3.05, 3.63) is 33.4 Å². The topological polar surface area (TPSA) is 311 Å². The van der Waals surface area contributed by atoms with Gasteiger partial charge in [0.15, 0.2) is 22.3 Å². The number of imidazole rings is 2. The molecule has 45 heavy (non-hydrogen) atoms. The molecule has 4 aromatic heterocycles. The molecule has 21 nitrogen and oxygen atoms in total. The molecule has 0 amide bonds. The molecule has 0 bridgehead atoms. The van der Waals surface area contributed by atoms with E-state index in [1.807, 2.05) is 0 Å². The monoisotopic (exact) mass is 670 g/mol. The van der Waals surface area contributed by atoms with E-state index in [1.54, 1.807) is 4.57 Å². The fourth-order valence-corrected chi connectivity index (χ4v) is 8.51. The van der Waals surface area contributed by atoms with E-state index < -0.39 is 82.2 Å². The minimum absolute atomic E-state index is 0.0111. The zero-order valence-corrected chi connectivity index (χ0v) is 24.9. The Morgan fingerprint density at radius 1 is 0.822 bits per heavy atom. The molecule has 0 radical (unpaired) electrons. The van der Waals surface area contributed by atoms with Crippen molar-refractivity contribution in [3.63, 3.8) is 0 Å². The van der Waals surface area contributed by atoms with Crippen LogP contribution in [0.1, 0.15) is 31.3 Å². The van der Waals surface area contributed by atoms with Crippen molar-refractivity contribution in [2.75, 3.05) is 24.7 Å². The van der Waals surface area contributed by atoms with E-state index in [0.29, 0.717) is 0 Å². The number of phosphoric acid groups is 2. The number of fused-ring (bicyclic) bond motifs is 4. The van der Waals surface area contributed by atoms with Gasteiger partial charge in [0.2, 0.25) is 11.9 Å². The fourth-order valence-electron chi connectivity index (χ4n) is 6.42. The lowest BCUT2D eigenvalue weighted by Gasteiger charge is -2.28.